The molecular formula is C14H13N3O2S. The van der Waals surface area contributed by atoms with E-state index in [0.717, 1.165) is 4.88 Å². The van der Waals surface area contributed by atoms with Gasteiger partial charge in [0.1, 0.15) is 5.75 Å². The Bertz CT molecular complexity index is 670. The number of anilines is 1. The van der Waals surface area contributed by atoms with E-state index in [1.807, 2.05) is 0 Å². The Hall–Kier alpha value is -2.36. The molecule has 1 amide bonds. The summed E-state index contributed by atoms with van der Waals surface area (Å²) in [7, 11) is 0. The molecule has 0 aliphatic carbocycles. The van der Waals surface area contributed by atoms with E-state index in [9.17, 15) is 9.90 Å². The fraction of sp³-hybridized carbons (Fsp3) is 0.143. The number of nitrogens with one attached hydrogen (secondary N) is 1. The Kier molecular flexibility index (Phi) is 4.71. The lowest BCUT2D eigenvalue weighted by Gasteiger charge is -2.03. The third-order valence-electron chi connectivity index (χ3n) is 2.41. The van der Waals surface area contributed by atoms with Gasteiger partial charge < -0.3 is 16.2 Å². The van der Waals surface area contributed by atoms with Crippen LogP contribution in [0.5, 0.6) is 5.75 Å². The van der Waals surface area contributed by atoms with Gasteiger partial charge in [0.25, 0.3) is 0 Å². The molecule has 5 nitrogen and oxygen atoms in total. The fourth-order valence-electron chi connectivity index (χ4n) is 1.52. The second-order valence-electron chi connectivity index (χ2n) is 3.89. The van der Waals surface area contributed by atoms with E-state index in [-0.39, 0.29) is 24.6 Å². The maximum absolute atomic E-state index is 11.8. The fourth-order valence-corrected chi connectivity index (χ4v) is 2.23. The number of aromatic nitrogens is 1. The number of phenolic OH excluding ortho intramolecular Hbond substituents is 1. The molecule has 2 rings (SSSR count). The van der Waals surface area contributed by atoms with Crippen molar-refractivity contribution in [3.8, 4) is 17.6 Å². The van der Waals surface area contributed by atoms with Crippen LogP contribution in [-0.2, 0) is 11.2 Å². The molecule has 1 aromatic heterocycles. The van der Waals surface area contributed by atoms with Crippen LogP contribution >= 0.6 is 11.3 Å². The van der Waals surface area contributed by atoms with Gasteiger partial charge in [-0.05, 0) is 6.07 Å². The zero-order chi connectivity index (χ0) is 14.4. The average molecular weight is 287 g/mol. The molecule has 6 heteroatoms. The van der Waals surface area contributed by atoms with Crippen molar-refractivity contribution in [2.45, 2.75) is 6.42 Å². The highest BCUT2D eigenvalue weighted by Crippen LogP contribution is 2.19. The van der Waals surface area contributed by atoms with Gasteiger partial charge in [0.05, 0.1) is 24.0 Å². The van der Waals surface area contributed by atoms with Crippen LogP contribution in [0.15, 0.2) is 30.5 Å². The van der Waals surface area contributed by atoms with Crippen molar-refractivity contribution in [2.24, 2.45) is 5.73 Å². The van der Waals surface area contributed by atoms with Gasteiger partial charge in [-0.15, -0.1) is 0 Å². The van der Waals surface area contributed by atoms with Crippen LogP contribution in [0.25, 0.3) is 0 Å². The Morgan fingerprint density at radius 1 is 1.45 bits per heavy atom. The highest BCUT2D eigenvalue weighted by Gasteiger charge is 2.09. The molecule has 1 heterocycles. The van der Waals surface area contributed by atoms with Gasteiger partial charge >= 0.3 is 0 Å². The quantitative estimate of drug-likeness (QED) is 0.743. The summed E-state index contributed by atoms with van der Waals surface area (Å²) in [5, 5.41) is 12.8. The predicted octanol–water partition coefficient (Wildman–Crippen LogP) is 1.34. The van der Waals surface area contributed by atoms with Crippen LogP contribution in [0.4, 0.5) is 5.13 Å². The smallest absolute Gasteiger partial charge is 0.230 e. The first-order chi connectivity index (χ1) is 9.69. The van der Waals surface area contributed by atoms with Gasteiger partial charge in [-0.25, -0.2) is 4.98 Å². The van der Waals surface area contributed by atoms with Crippen molar-refractivity contribution in [1.82, 2.24) is 4.98 Å². The number of hydrogen-bond acceptors (Lipinski definition) is 5. The summed E-state index contributed by atoms with van der Waals surface area (Å²) < 4.78 is 0. The maximum atomic E-state index is 11.8. The first kappa shape index (κ1) is 14.1. The largest absolute Gasteiger partial charge is 0.508 e. The summed E-state index contributed by atoms with van der Waals surface area (Å²) in [5.41, 5.74) is 5.85. The topological polar surface area (TPSA) is 88.2 Å². The molecule has 0 aliphatic rings. The Balaban J connectivity index is 1.98. The van der Waals surface area contributed by atoms with Gasteiger partial charge in [-0.2, -0.15) is 0 Å². The molecule has 1 aromatic carbocycles. The summed E-state index contributed by atoms with van der Waals surface area (Å²) in [6.45, 7) is 0.285. The zero-order valence-corrected chi connectivity index (χ0v) is 11.4. The van der Waals surface area contributed by atoms with Crippen molar-refractivity contribution in [2.75, 3.05) is 11.9 Å². The van der Waals surface area contributed by atoms with Gasteiger partial charge in [0.2, 0.25) is 5.91 Å². The lowest BCUT2D eigenvalue weighted by molar-refractivity contribution is -0.115. The second-order valence-corrected chi connectivity index (χ2v) is 4.92. The minimum absolute atomic E-state index is 0.0933. The first-order valence-corrected chi connectivity index (χ1v) is 6.72. The summed E-state index contributed by atoms with van der Waals surface area (Å²) in [4.78, 5) is 16.6. The molecule has 4 N–H and O–H groups in total. The van der Waals surface area contributed by atoms with Crippen molar-refractivity contribution < 1.29 is 9.90 Å². The molecule has 102 valence electrons. The molecule has 2 aromatic rings. The van der Waals surface area contributed by atoms with Gasteiger partial charge in [-0.3, -0.25) is 4.79 Å². The van der Waals surface area contributed by atoms with Crippen LogP contribution in [0, 0.1) is 11.8 Å². The molecule has 0 unspecified atom stereocenters. The lowest BCUT2D eigenvalue weighted by atomic mass is 10.1. The number of nitrogens with two attached hydrogens (primary N) is 1. The van der Waals surface area contributed by atoms with E-state index in [1.165, 1.54) is 11.3 Å². The average Bonchev–Trinajstić information content (AvgIpc) is 2.86. The van der Waals surface area contributed by atoms with Crippen LogP contribution in [0.3, 0.4) is 0 Å². The van der Waals surface area contributed by atoms with E-state index in [4.69, 9.17) is 5.73 Å². The number of nitrogens with zero attached hydrogens (tertiary/aromatic N) is 1. The summed E-state index contributed by atoms with van der Waals surface area (Å²) in [5.74, 6) is 5.44. The van der Waals surface area contributed by atoms with Crippen LogP contribution in [0.1, 0.15) is 10.4 Å². The van der Waals surface area contributed by atoms with Gasteiger partial charge in [0, 0.05) is 5.56 Å². The highest BCUT2D eigenvalue weighted by atomic mass is 32.1. The number of carbonyl (C=O) groups is 1. The van der Waals surface area contributed by atoms with Crippen molar-refractivity contribution in [3.05, 3.63) is 40.9 Å². The monoisotopic (exact) mass is 287 g/mol. The molecule has 0 aliphatic heterocycles. The van der Waals surface area contributed by atoms with E-state index in [0.29, 0.717) is 10.7 Å². The molecule has 0 bridgehead atoms. The standard InChI is InChI=1S/C14H13N3O2S/c15-7-3-5-11-9-16-14(20-11)17-13(19)8-10-4-1-2-6-12(10)18/h1-2,4,6,9,18H,7-8,15H2,(H,16,17,19). The Morgan fingerprint density at radius 2 is 2.25 bits per heavy atom. The predicted molar refractivity (Wildman–Crippen MR) is 78.5 cm³/mol. The van der Waals surface area contributed by atoms with Crippen LogP contribution < -0.4 is 11.1 Å². The van der Waals surface area contributed by atoms with E-state index in [1.54, 1.807) is 30.5 Å². The first-order valence-electron chi connectivity index (χ1n) is 5.90. The number of phenols is 1. The zero-order valence-electron chi connectivity index (χ0n) is 10.6. The number of hydrogen-bond donors (Lipinski definition) is 3. The third-order valence-corrected chi connectivity index (χ3v) is 3.24. The number of para-hydroxylation sites is 1. The second kappa shape index (κ2) is 6.70. The Labute approximate surface area is 120 Å². The van der Waals surface area contributed by atoms with E-state index in [2.05, 4.69) is 22.1 Å². The minimum atomic E-state index is -0.237. The molecule has 0 saturated carbocycles. The number of carbonyl (C=O) groups excluding carboxylic acids is 1. The molecular weight excluding hydrogens is 274 g/mol. The minimum Gasteiger partial charge on any atom is -0.508 e. The summed E-state index contributed by atoms with van der Waals surface area (Å²) in [6.07, 6.45) is 1.68. The Morgan fingerprint density at radius 3 is 3.00 bits per heavy atom. The molecule has 0 saturated heterocycles. The molecule has 20 heavy (non-hydrogen) atoms. The van der Waals surface area contributed by atoms with E-state index >= 15 is 0 Å². The maximum Gasteiger partial charge on any atom is 0.230 e. The summed E-state index contributed by atoms with van der Waals surface area (Å²) in [6, 6.07) is 6.73. The molecule has 0 radical (unpaired) electrons. The van der Waals surface area contributed by atoms with Crippen LogP contribution in [-0.4, -0.2) is 22.5 Å². The van der Waals surface area contributed by atoms with Crippen molar-refractivity contribution in [1.29, 1.82) is 0 Å². The van der Waals surface area contributed by atoms with Gasteiger partial charge in [0.15, 0.2) is 5.13 Å². The van der Waals surface area contributed by atoms with Crippen molar-refractivity contribution in [3.63, 3.8) is 0 Å². The number of benzene rings is 1. The normalized spacial score (nSPS) is 9.65. The number of amides is 1. The van der Waals surface area contributed by atoms with E-state index < -0.39 is 0 Å². The molecule has 0 atom stereocenters. The van der Waals surface area contributed by atoms with Crippen molar-refractivity contribution >= 4 is 22.4 Å². The lowest BCUT2D eigenvalue weighted by Crippen LogP contribution is -2.14. The summed E-state index contributed by atoms with van der Waals surface area (Å²) >= 11 is 1.28. The van der Waals surface area contributed by atoms with Crippen LogP contribution in [0.2, 0.25) is 0 Å². The number of rotatable bonds is 3. The molecule has 0 spiro atoms. The van der Waals surface area contributed by atoms with Gasteiger partial charge in [-0.1, -0.05) is 41.4 Å². The molecule has 0 fully saturated rings. The number of thiazole rings is 1. The number of aromatic hydroxyl groups is 1. The third kappa shape index (κ3) is 3.82. The SMILES string of the molecule is NCC#Cc1cnc(NC(=O)Cc2ccccc2O)s1. The highest BCUT2D eigenvalue weighted by molar-refractivity contribution is 7.16.